The average molecular weight is 287 g/mol. The molecule has 1 aliphatic heterocycles. The Morgan fingerprint density at radius 2 is 1.62 bits per heavy atom. The monoisotopic (exact) mass is 287 g/mol. The third-order valence-corrected chi connectivity index (χ3v) is 5.22. The van der Waals surface area contributed by atoms with E-state index in [0.717, 1.165) is 36.7 Å². The van der Waals surface area contributed by atoms with Crippen LogP contribution in [0.15, 0.2) is 24.3 Å². The lowest BCUT2D eigenvalue weighted by atomic mass is 9.79. The molecule has 0 radical (unpaired) electrons. The molecular formula is C18H29N3. The fraction of sp³-hybridized carbons (Fsp3) is 0.667. The minimum absolute atomic E-state index is 0.812. The van der Waals surface area contributed by atoms with E-state index < -0.39 is 0 Å². The Balaban J connectivity index is 1.57. The summed E-state index contributed by atoms with van der Waals surface area (Å²) in [5.41, 5.74) is 8.05. The normalized spacial score (nSPS) is 31.3. The second kappa shape index (κ2) is 6.27. The number of nitrogens with zero attached hydrogens (tertiary/aromatic N) is 2. The van der Waals surface area contributed by atoms with Crippen LogP contribution < -0.4 is 10.6 Å². The first-order chi connectivity index (χ1) is 10.1. The lowest BCUT2D eigenvalue weighted by Crippen LogP contribution is -2.52. The predicted molar refractivity (Wildman–Crippen MR) is 90.6 cm³/mol. The lowest BCUT2D eigenvalue weighted by molar-refractivity contribution is 0.104. The highest BCUT2D eigenvalue weighted by atomic mass is 15.3. The number of hydrogen-bond donors (Lipinski definition) is 1. The van der Waals surface area contributed by atoms with E-state index >= 15 is 0 Å². The summed E-state index contributed by atoms with van der Waals surface area (Å²) >= 11 is 0. The largest absolute Gasteiger partial charge is 0.399 e. The molecule has 0 amide bonds. The maximum atomic E-state index is 5.90. The smallest absolute Gasteiger partial charge is 0.0387 e. The molecule has 116 valence electrons. The van der Waals surface area contributed by atoms with Crippen molar-refractivity contribution >= 4 is 11.4 Å². The molecule has 1 aromatic rings. The molecule has 3 nitrogen and oxygen atoms in total. The number of nitrogens with two attached hydrogens (primary N) is 1. The predicted octanol–water partition coefficient (Wildman–Crippen LogP) is 3.22. The number of rotatable bonds is 2. The zero-order chi connectivity index (χ0) is 14.8. The SMILES string of the molecule is CC1CC(C)CC(N2CCN(c3cccc(N)c3)CC2)C1. The van der Waals surface area contributed by atoms with Crippen molar-refractivity contribution in [3.05, 3.63) is 24.3 Å². The Kier molecular flexibility index (Phi) is 4.39. The van der Waals surface area contributed by atoms with Gasteiger partial charge in [-0.25, -0.2) is 0 Å². The highest BCUT2D eigenvalue weighted by molar-refractivity contribution is 5.56. The van der Waals surface area contributed by atoms with E-state index in [2.05, 4.69) is 41.8 Å². The summed E-state index contributed by atoms with van der Waals surface area (Å²) in [4.78, 5) is 5.21. The zero-order valence-corrected chi connectivity index (χ0v) is 13.5. The standard InChI is InChI=1S/C18H29N3/c1-14-10-15(2)12-18(11-14)21-8-6-20(7-9-21)17-5-3-4-16(19)13-17/h3-5,13-15,18H,6-12,19H2,1-2H3. The summed E-state index contributed by atoms with van der Waals surface area (Å²) in [7, 11) is 0. The molecule has 3 heteroatoms. The topological polar surface area (TPSA) is 32.5 Å². The first-order valence-electron chi connectivity index (χ1n) is 8.46. The molecule has 1 aliphatic carbocycles. The maximum absolute atomic E-state index is 5.90. The van der Waals surface area contributed by atoms with E-state index in [4.69, 9.17) is 5.73 Å². The van der Waals surface area contributed by atoms with Gasteiger partial charge >= 0.3 is 0 Å². The Labute approximate surface area is 129 Å². The van der Waals surface area contributed by atoms with Crippen molar-refractivity contribution in [3.8, 4) is 0 Å². The van der Waals surface area contributed by atoms with Crippen molar-refractivity contribution in [2.45, 2.75) is 39.2 Å². The Morgan fingerprint density at radius 1 is 0.952 bits per heavy atom. The van der Waals surface area contributed by atoms with Crippen molar-refractivity contribution in [1.29, 1.82) is 0 Å². The van der Waals surface area contributed by atoms with Gasteiger partial charge in [0.1, 0.15) is 0 Å². The summed E-state index contributed by atoms with van der Waals surface area (Å²) < 4.78 is 0. The van der Waals surface area contributed by atoms with Crippen LogP contribution in [0.25, 0.3) is 0 Å². The van der Waals surface area contributed by atoms with E-state index in [1.165, 1.54) is 38.0 Å². The van der Waals surface area contributed by atoms with E-state index in [-0.39, 0.29) is 0 Å². The van der Waals surface area contributed by atoms with Crippen LogP contribution in [0, 0.1) is 11.8 Å². The Hall–Kier alpha value is -1.22. The van der Waals surface area contributed by atoms with Gasteiger partial charge in [-0.3, -0.25) is 4.90 Å². The van der Waals surface area contributed by atoms with Crippen LogP contribution in [-0.4, -0.2) is 37.1 Å². The van der Waals surface area contributed by atoms with Gasteiger partial charge in [-0.1, -0.05) is 19.9 Å². The fourth-order valence-corrected chi connectivity index (χ4v) is 4.27. The van der Waals surface area contributed by atoms with Gasteiger partial charge in [0.25, 0.3) is 0 Å². The van der Waals surface area contributed by atoms with Gasteiger partial charge in [0.15, 0.2) is 0 Å². The molecule has 1 saturated heterocycles. The van der Waals surface area contributed by atoms with Gasteiger partial charge in [-0.2, -0.15) is 0 Å². The third kappa shape index (κ3) is 3.52. The molecule has 2 atom stereocenters. The molecule has 1 saturated carbocycles. The summed E-state index contributed by atoms with van der Waals surface area (Å²) in [6, 6.07) is 9.11. The number of benzene rings is 1. The average Bonchev–Trinajstić information content (AvgIpc) is 2.46. The molecule has 1 aromatic carbocycles. The highest BCUT2D eigenvalue weighted by Crippen LogP contribution is 2.32. The van der Waals surface area contributed by atoms with Crippen LogP contribution >= 0.6 is 0 Å². The summed E-state index contributed by atoms with van der Waals surface area (Å²) in [5.74, 6) is 1.79. The molecule has 3 rings (SSSR count). The molecule has 1 heterocycles. The van der Waals surface area contributed by atoms with Crippen LogP contribution in [0.2, 0.25) is 0 Å². The van der Waals surface area contributed by atoms with Crippen LogP contribution in [0.5, 0.6) is 0 Å². The van der Waals surface area contributed by atoms with Gasteiger partial charge in [-0.15, -0.1) is 0 Å². The first-order valence-corrected chi connectivity index (χ1v) is 8.46. The van der Waals surface area contributed by atoms with Crippen molar-refractivity contribution in [3.63, 3.8) is 0 Å². The zero-order valence-electron chi connectivity index (χ0n) is 13.5. The number of hydrogen-bond acceptors (Lipinski definition) is 3. The summed E-state index contributed by atoms with van der Waals surface area (Å²) in [6.45, 7) is 9.49. The van der Waals surface area contributed by atoms with Crippen molar-refractivity contribution < 1.29 is 0 Å². The third-order valence-electron chi connectivity index (χ3n) is 5.22. The van der Waals surface area contributed by atoms with Gasteiger partial charge in [0, 0.05) is 43.6 Å². The van der Waals surface area contributed by atoms with Crippen LogP contribution in [-0.2, 0) is 0 Å². The molecule has 2 unspecified atom stereocenters. The molecule has 2 fully saturated rings. The van der Waals surface area contributed by atoms with E-state index in [0.29, 0.717) is 0 Å². The van der Waals surface area contributed by atoms with Crippen LogP contribution in [0.3, 0.4) is 0 Å². The first kappa shape index (κ1) is 14.7. The summed E-state index contributed by atoms with van der Waals surface area (Å²) in [6.07, 6.45) is 4.20. The molecular weight excluding hydrogens is 258 g/mol. The molecule has 0 bridgehead atoms. The fourth-order valence-electron chi connectivity index (χ4n) is 4.27. The summed E-state index contributed by atoms with van der Waals surface area (Å²) in [5, 5.41) is 0. The highest BCUT2D eigenvalue weighted by Gasteiger charge is 2.30. The van der Waals surface area contributed by atoms with Crippen LogP contribution in [0.1, 0.15) is 33.1 Å². The van der Waals surface area contributed by atoms with E-state index in [1.807, 2.05) is 6.07 Å². The maximum Gasteiger partial charge on any atom is 0.0387 e. The minimum Gasteiger partial charge on any atom is -0.399 e. The molecule has 2 aliphatic rings. The van der Waals surface area contributed by atoms with Gasteiger partial charge in [-0.05, 0) is 49.3 Å². The number of piperazine rings is 1. The van der Waals surface area contributed by atoms with Gasteiger partial charge < -0.3 is 10.6 Å². The van der Waals surface area contributed by atoms with Gasteiger partial charge in [0.2, 0.25) is 0 Å². The second-order valence-corrected chi connectivity index (χ2v) is 7.19. The van der Waals surface area contributed by atoms with E-state index in [1.54, 1.807) is 0 Å². The quantitative estimate of drug-likeness (QED) is 0.848. The molecule has 0 spiro atoms. The van der Waals surface area contributed by atoms with Crippen LogP contribution in [0.4, 0.5) is 11.4 Å². The van der Waals surface area contributed by atoms with Crippen molar-refractivity contribution in [2.75, 3.05) is 36.8 Å². The Bertz CT molecular complexity index is 455. The van der Waals surface area contributed by atoms with E-state index in [9.17, 15) is 0 Å². The van der Waals surface area contributed by atoms with Crippen molar-refractivity contribution in [1.82, 2.24) is 4.90 Å². The molecule has 2 N–H and O–H groups in total. The number of anilines is 2. The molecule has 0 aromatic heterocycles. The van der Waals surface area contributed by atoms with Crippen molar-refractivity contribution in [2.24, 2.45) is 11.8 Å². The number of nitrogen functional groups attached to an aromatic ring is 1. The second-order valence-electron chi connectivity index (χ2n) is 7.19. The lowest BCUT2D eigenvalue weighted by Gasteiger charge is -2.44. The minimum atomic E-state index is 0.812. The molecule has 21 heavy (non-hydrogen) atoms. The Morgan fingerprint density at radius 3 is 2.24 bits per heavy atom. The van der Waals surface area contributed by atoms with Gasteiger partial charge in [0.05, 0.1) is 0 Å².